The molecule has 0 aromatic rings. The number of hydrogen-bond donors (Lipinski definition) is 1. The quantitative estimate of drug-likeness (QED) is 0.197. The number of carbonyl (C=O) groups is 3. The number of allylic oxidation sites excluding steroid dienone is 1. The third kappa shape index (κ3) is 5.40. The molecule has 39 heavy (non-hydrogen) atoms. The van der Waals surface area contributed by atoms with Crippen LogP contribution in [-0.4, -0.2) is 120 Å². The van der Waals surface area contributed by atoms with Crippen molar-refractivity contribution < 1.29 is 33.7 Å². The van der Waals surface area contributed by atoms with Crippen LogP contribution < -0.4 is 0 Å². The van der Waals surface area contributed by atoms with Crippen molar-refractivity contribution in [3.05, 3.63) is 25.3 Å². The monoisotopic (exact) mass is 547 g/mol. The minimum Gasteiger partial charge on any atom is -0.465 e. The van der Waals surface area contributed by atoms with E-state index in [1.54, 1.807) is 17.1 Å². The minimum absolute atomic E-state index is 0.227. The number of ether oxygens (including phenoxy) is 3. The molecule has 2 bridgehead atoms. The van der Waals surface area contributed by atoms with E-state index >= 15 is 0 Å². The van der Waals surface area contributed by atoms with Gasteiger partial charge in [-0.15, -0.1) is 13.2 Å². The molecule has 0 aromatic heterocycles. The number of rotatable bonds is 14. The van der Waals surface area contributed by atoms with E-state index in [2.05, 4.69) is 18.1 Å². The van der Waals surface area contributed by atoms with Gasteiger partial charge in [0.25, 0.3) is 0 Å². The zero-order valence-corrected chi connectivity index (χ0v) is 23.5. The van der Waals surface area contributed by atoms with Crippen LogP contribution in [-0.2, 0) is 28.6 Å². The van der Waals surface area contributed by atoms with E-state index in [1.807, 2.05) is 13.8 Å². The van der Waals surface area contributed by atoms with E-state index in [9.17, 15) is 19.5 Å². The molecular weight excluding hydrogens is 502 g/mol. The van der Waals surface area contributed by atoms with Gasteiger partial charge in [-0.25, -0.2) is 0 Å². The maximum atomic E-state index is 14.4. The third-order valence-electron chi connectivity index (χ3n) is 9.03. The van der Waals surface area contributed by atoms with Crippen LogP contribution in [0.2, 0.25) is 0 Å². The van der Waals surface area contributed by atoms with Gasteiger partial charge >= 0.3 is 5.97 Å². The van der Waals surface area contributed by atoms with Gasteiger partial charge in [-0.05, 0) is 39.0 Å². The lowest BCUT2D eigenvalue weighted by molar-refractivity contribution is -0.162. The molecule has 6 atom stereocenters. The number of fused-ring (bicyclic) bond motifs is 1. The first-order valence-corrected chi connectivity index (χ1v) is 14.4. The number of morpholine rings is 1. The van der Waals surface area contributed by atoms with Gasteiger partial charge in [0.15, 0.2) is 0 Å². The molecule has 1 N–H and O–H groups in total. The van der Waals surface area contributed by atoms with Crippen molar-refractivity contribution in [1.29, 1.82) is 0 Å². The second-order valence-corrected chi connectivity index (χ2v) is 11.3. The lowest BCUT2D eigenvalue weighted by Crippen LogP contribution is -2.59. The SMILES string of the molecule is C=CCCCOC(=O)[C@@H]1[C@H]2C(=O)N([C@@H](CC)CO)C(C(=O)N(CC=C)CCN3CCOCC3)C23CC[C@@]1(C)O3. The summed E-state index contributed by atoms with van der Waals surface area (Å²) < 4.78 is 17.7. The van der Waals surface area contributed by atoms with Crippen molar-refractivity contribution in [2.24, 2.45) is 11.8 Å². The van der Waals surface area contributed by atoms with Gasteiger partial charge in [-0.1, -0.05) is 19.1 Å². The number of esters is 1. The van der Waals surface area contributed by atoms with E-state index in [4.69, 9.17) is 14.2 Å². The lowest BCUT2D eigenvalue weighted by atomic mass is 9.66. The minimum atomic E-state index is -1.14. The van der Waals surface area contributed by atoms with Gasteiger partial charge in [-0.2, -0.15) is 0 Å². The molecule has 1 spiro atoms. The molecule has 4 fully saturated rings. The second kappa shape index (κ2) is 12.5. The smallest absolute Gasteiger partial charge is 0.312 e. The first-order valence-electron chi connectivity index (χ1n) is 14.4. The fraction of sp³-hybridized carbons (Fsp3) is 0.759. The summed E-state index contributed by atoms with van der Waals surface area (Å²) in [5, 5.41) is 10.2. The average Bonchev–Trinajstić information content (AvgIpc) is 3.51. The van der Waals surface area contributed by atoms with Crippen LogP contribution in [0.25, 0.3) is 0 Å². The molecule has 0 radical (unpaired) electrons. The Hall–Kier alpha value is -2.27. The highest BCUT2D eigenvalue weighted by molar-refractivity contribution is 5.98. The van der Waals surface area contributed by atoms with Crippen molar-refractivity contribution in [1.82, 2.24) is 14.7 Å². The number of aliphatic hydroxyl groups excluding tert-OH is 1. The van der Waals surface area contributed by atoms with E-state index in [0.717, 1.165) is 19.5 Å². The van der Waals surface area contributed by atoms with Crippen LogP contribution in [0.15, 0.2) is 25.3 Å². The molecule has 0 aliphatic carbocycles. The van der Waals surface area contributed by atoms with Crippen LogP contribution in [0.5, 0.6) is 0 Å². The van der Waals surface area contributed by atoms with E-state index in [0.29, 0.717) is 58.5 Å². The number of carbonyl (C=O) groups excluding carboxylic acids is 3. The van der Waals surface area contributed by atoms with Crippen LogP contribution in [0.3, 0.4) is 0 Å². The highest BCUT2D eigenvalue weighted by Crippen LogP contribution is 2.63. The van der Waals surface area contributed by atoms with E-state index in [-0.39, 0.29) is 25.0 Å². The molecule has 0 saturated carbocycles. The summed E-state index contributed by atoms with van der Waals surface area (Å²) in [5.74, 6) is -2.63. The predicted molar refractivity (Wildman–Crippen MR) is 145 cm³/mol. The Morgan fingerprint density at radius 3 is 2.64 bits per heavy atom. The summed E-state index contributed by atoms with van der Waals surface area (Å²) >= 11 is 0. The maximum absolute atomic E-state index is 14.4. The van der Waals surface area contributed by atoms with Crippen molar-refractivity contribution in [3.8, 4) is 0 Å². The number of aliphatic hydroxyl groups is 1. The molecule has 4 aliphatic heterocycles. The first kappa shape index (κ1) is 29.7. The van der Waals surface area contributed by atoms with Gasteiger partial charge in [0.2, 0.25) is 11.8 Å². The van der Waals surface area contributed by atoms with Crippen molar-refractivity contribution in [2.45, 2.75) is 69.2 Å². The largest absolute Gasteiger partial charge is 0.465 e. The lowest BCUT2D eigenvalue weighted by Gasteiger charge is -2.39. The van der Waals surface area contributed by atoms with Crippen LogP contribution in [0.1, 0.15) is 46.0 Å². The number of likely N-dealkylation sites (tertiary alicyclic amines) is 1. The Labute approximate surface area is 231 Å². The fourth-order valence-corrected chi connectivity index (χ4v) is 7.01. The summed E-state index contributed by atoms with van der Waals surface area (Å²) in [7, 11) is 0. The molecule has 10 nitrogen and oxygen atoms in total. The Morgan fingerprint density at radius 1 is 1.26 bits per heavy atom. The van der Waals surface area contributed by atoms with Gasteiger partial charge in [-0.3, -0.25) is 19.3 Å². The Balaban J connectivity index is 1.64. The summed E-state index contributed by atoms with van der Waals surface area (Å²) in [4.78, 5) is 47.5. The topological polar surface area (TPSA) is 109 Å². The standard InChI is InChI=1S/C29H45N3O7/c1-5-8-9-17-38-27(36)23-22-25(34)32(21(7-3)20-33)24(29(22)11-10-28(23,4)39-29)26(35)31(12-6-2)14-13-30-15-18-37-19-16-30/h5-6,21-24,33H,1-2,7-20H2,3-4H3/t21-,22-,23-,24?,28+,29?/m0/s1. The molecule has 2 unspecified atom stereocenters. The molecule has 4 saturated heterocycles. The first-order chi connectivity index (χ1) is 18.8. The number of amides is 2. The third-order valence-corrected chi connectivity index (χ3v) is 9.03. The zero-order valence-electron chi connectivity index (χ0n) is 23.5. The second-order valence-electron chi connectivity index (χ2n) is 11.3. The number of unbranched alkanes of at least 4 members (excludes halogenated alkanes) is 1. The summed E-state index contributed by atoms with van der Waals surface area (Å²) in [5.41, 5.74) is -2.03. The van der Waals surface area contributed by atoms with Gasteiger partial charge in [0, 0.05) is 32.7 Å². The molecule has 10 heteroatoms. The summed E-state index contributed by atoms with van der Waals surface area (Å²) in [6, 6.07) is -1.49. The predicted octanol–water partition coefficient (Wildman–Crippen LogP) is 1.38. The zero-order chi connectivity index (χ0) is 28.2. The van der Waals surface area contributed by atoms with E-state index in [1.165, 1.54) is 4.90 Å². The molecule has 2 amide bonds. The van der Waals surface area contributed by atoms with Gasteiger partial charge in [0.1, 0.15) is 17.6 Å². The summed E-state index contributed by atoms with van der Waals surface area (Å²) in [6.45, 7) is 15.7. The van der Waals surface area contributed by atoms with Crippen LogP contribution in [0, 0.1) is 11.8 Å². The highest BCUT2D eigenvalue weighted by atomic mass is 16.6. The molecule has 218 valence electrons. The molecule has 4 rings (SSSR count). The Kier molecular flexibility index (Phi) is 9.52. The van der Waals surface area contributed by atoms with Gasteiger partial charge < -0.3 is 29.1 Å². The molecule has 4 aliphatic rings. The fourth-order valence-electron chi connectivity index (χ4n) is 7.01. The van der Waals surface area contributed by atoms with Crippen molar-refractivity contribution >= 4 is 17.8 Å². The van der Waals surface area contributed by atoms with Crippen LogP contribution >= 0.6 is 0 Å². The van der Waals surface area contributed by atoms with Crippen LogP contribution in [0.4, 0.5) is 0 Å². The normalized spacial score (nSPS) is 32.6. The molecular formula is C29H45N3O7. The molecule has 4 heterocycles. The molecule has 0 aromatic carbocycles. The van der Waals surface area contributed by atoms with Crippen molar-refractivity contribution in [3.63, 3.8) is 0 Å². The number of nitrogens with zero attached hydrogens (tertiary/aromatic N) is 3. The Bertz CT molecular complexity index is 934. The average molecular weight is 548 g/mol. The van der Waals surface area contributed by atoms with Crippen molar-refractivity contribution in [2.75, 3.05) is 59.2 Å². The van der Waals surface area contributed by atoms with E-state index < -0.39 is 41.1 Å². The summed E-state index contributed by atoms with van der Waals surface area (Å²) in [6.07, 6.45) is 6.34. The Morgan fingerprint density at radius 2 is 2.00 bits per heavy atom. The maximum Gasteiger partial charge on any atom is 0.312 e. The number of hydrogen-bond acceptors (Lipinski definition) is 8. The van der Waals surface area contributed by atoms with Gasteiger partial charge in [0.05, 0.1) is 44.0 Å². The highest BCUT2D eigenvalue weighted by Gasteiger charge is 2.79.